The van der Waals surface area contributed by atoms with Gasteiger partial charge in [-0.05, 0) is 32.2 Å². The lowest BCUT2D eigenvalue weighted by molar-refractivity contribution is 0.322. The maximum atomic E-state index is 9.46. The molecular weight excluding hydrogens is 200 g/mol. The second-order valence-corrected chi connectivity index (χ2v) is 4.49. The third-order valence-electron chi connectivity index (χ3n) is 3.31. The number of aryl methyl sites for hydroxylation is 1. The minimum absolute atomic E-state index is 0.403. The van der Waals surface area contributed by atoms with Crippen molar-refractivity contribution in [1.82, 2.24) is 14.9 Å². The summed E-state index contributed by atoms with van der Waals surface area (Å²) in [5, 5.41) is 12.8. The minimum Gasteiger partial charge on any atom is -0.332 e. The lowest BCUT2D eigenvalue weighted by Crippen LogP contribution is -2.49. The quantitative estimate of drug-likeness (QED) is 0.814. The minimum atomic E-state index is -0.403. The Morgan fingerprint density at radius 1 is 1.69 bits per heavy atom. The van der Waals surface area contributed by atoms with Crippen LogP contribution in [0.4, 0.5) is 0 Å². The van der Waals surface area contributed by atoms with E-state index in [0.717, 1.165) is 25.2 Å². The van der Waals surface area contributed by atoms with Gasteiger partial charge < -0.3 is 4.57 Å². The van der Waals surface area contributed by atoms with Crippen LogP contribution in [0.1, 0.15) is 25.6 Å². The van der Waals surface area contributed by atoms with Crippen molar-refractivity contribution >= 4 is 0 Å². The first-order chi connectivity index (χ1) is 7.72. The number of rotatable bonds is 5. The van der Waals surface area contributed by atoms with Crippen molar-refractivity contribution in [3.05, 3.63) is 18.2 Å². The molecule has 2 rings (SSSR count). The van der Waals surface area contributed by atoms with E-state index in [4.69, 9.17) is 0 Å². The number of nitrogens with zero attached hydrogens (tertiary/aromatic N) is 3. The molecule has 16 heavy (non-hydrogen) atoms. The molecule has 1 unspecified atom stereocenters. The zero-order valence-electron chi connectivity index (χ0n) is 9.90. The van der Waals surface area contributed by atoms with Crippen molar-refractivity contribution in [2.75, 3.05) is 6.54 Å². The van der Waals surface area contributed by atoms with Crippen LogP contribution in [-0.2, 0) is 6.54 Å². The van der Waals surface area contributed by atoms with Gasteiger partial charge in [0.1, 0.15) is 11.4 Å². The van der Waals surface area contributed by atoms with Crippen LogP contribution in [0.2, 0.25) is 0 Å². The summed E-state index contributed by atoms with van der Waals surface area (Å²) < 4.78 is 2.06. The summed E-state index contributed by atoms with van der Waals surface area (Å²) >= 11 is 0. The van der Waals surface area contributed by atoms with E-state index in [9.17, 15) is 5.26 Å². The molecule has 1 N–H and O–H groups in total. The molecule has 0 radical (unpaired) electrons. The average molecular weight is 218 g/mol. The molecule has 1 heterocycles. The van der Waals surface area contributed by atoms with E-state index in [2.05, 4.69) is 27.9 Å². The fourth-order valence-corrected chi connectivity index (χ4v) is 2.23. The van der Waals surface area contributed by atoms with Crippen LogP contribution in [0.3, 0.4) is 0 Å². The van der Waals surface area contributed by atoms with Crippen molar-refractivity contribution in [2.24, 2.45) is 5.92 Å². The Balaban J connectivity index is 2.20. The number of imidazole rings is 1. The van der Waals surface area contributed by atoms with Crippen LogP contribution in [0.5, 0.6) is 0 Å². The third kappa shape index (κ3) is 1.96. The Morgan fingerprint density at radius 2 is 2.44 bits per heavy atom. The number of nitrogens with one attached hydrogen (secondary N) is 1. The first kappa shape index (κ1) is 11.2. The van der Waals surface area contributed by atoms with E-state index in [1.54, 1.807) is 6.20 Å². The molecule has 86 valence electrons. The maximum Gasteiger partial charge on any atom is 0.127 e. The Labute approximate surface area is 96.3 Å². The lowest BCUT2D eigenvalue weighted by atomic mass is 9.94. The van der Waals surface area contributed by atoms with Crippen LogP contribution in [-0.4, -0.2) is 21.6 Å². The van der Waals surface area contributed by atoms with E-state index < -0.39 is 5.54 Å². The zero-order valence-corrected chi connectivity index (χ0v) is 9.90. The number of nitriles is 1. The van der Waals surface area contributed by atoms with E-state index in [1.165, 1.54) is 0 Å². The summed E-state index contributed by atoms with van der Waals surface area (Å²) in [6.07, 6.45) is 6.06. The van der Waals surface area contributed by atoms with Gasteiger partial charge in [-0.15, -0.1) is 0 Å². The molecular formula is C12H18N4. The van der Waals surface area contributed by atoms with Crippen LogP contribution in [0, 0.1) is 24.2 Å². The Hall–Kier alpha value is -1.34. The lowest BCUT2D eigenvalue weighted by Gasteiger charge is -2.28. The molecule has 0 saturated heterocycles. The molecule has 0 bridgehead atoms. The van der Waals surface area contributed by atoms with Crippen LogP contribution in [0.25, 0.3) is 0 Å². The monoisotopic (exact) mass is 218 g/mol. The van der Waals surface area contributed by atoms with Gasteiger partial charge in [0, 0.05) is 12.4 Å². The second-order valence-electron chi connectivity index (χ2n) is 4.49. The first-order valence-corrected chi connectivity index (χ1v) is 5.86. The summed E-state index contributed by atoms with van der Waals surface area (Å²) in [4.78, 5) is 4.20. The number of likely N-dealkylation sites (N-methyl/N-ethyl adjacent to an activating group) is 1. The number of aromatic nitrogens is 2. The maximum absolute atomic E-state index is 9.46. The van der Waals surface area contributed by atoms with Crippen molar-refractivity contribution in [1.29, 1.82) is 5.26 Å². The predicted octanol–water partition coefficient (Wildman–Crippen LogP) is 1.47. The zero-order chi connectivity index (χ0) is 11.6. The number of hydrogen-bond acceptors (Lipinski definition) is 3. The largest absolute Gasteiger partial charge is 0.332 e. The van der Waals surface area contributed by atoms with Crippen molar-refractivity contribution in [2.45, 2.75) is 38.8 Å². The third-order valence-corrected chi connectivity index (χ3v) is 3.31. The van der Waals surface area contributed by atoms with Gasteiger partial charge >= 0.3 is 0 Å². The fourth-order valence-electron chi connectivity index (χ4n) is 2.23. The molecule has 1 aliphatic carbocycles. The molecule has 1 fully saturated rings. The fraction of sp³-hybridized carbons (Fsp3) is 0.667. The standard InChI is InChI=1S/C12H18N4/c1-3-15-12(8-13,11-4-5-11)9-16-7-6-14-10(16)2/h6-7,11,15H,3-5,9H2,1-2H3. The highest BCUT2D eigenvalue weighted by atomic mass is 15.1. The van der Waals surface area contributed by atoms with Crippen LogP contribution < -0.4 is 5.32 Å². The highest BCUT2D eigenvalue weighted by molar-refractivity contribution is 5.15. The molecule has 0 aromatic carbocycles. The molecule has 1 aromatic heterocycles. The molecule has 0 aliphatic heterocycles. The Kier molecular flexibility index (Phi) is 2.97. The van der Waals surface area contributed by atoms with Gasteiger partial charge in [-0.3, -0.25) is 5.32 Å². The van der Waals surface area contributed by atoms with Gasteiger partial charge in [0.2, 0.25) is 0 Å². The molecule has 0 amide bonds. The predicted molar refractivity (Wildman–Crippen MR) is 61.7 cm³/mol. The molecule has 4 nitrogen and oxygen atoms in total. The highest BCUT2D eigenvalue weighted by Crippen LogP contribution is 2.40. The van der Waals surface area contributed by atoms with Gasteiger partial charge in [0.25, 0.3) is 0 Å². The van der Waals surface area contributed by atoms with E-state index >= 15 is 0 Å². The van der Waals surface area contributed by atoms with Crippen molar-refractivity contribution < 1.29 is 0 Å². The highest BCUT2D eigenvalue weighted by Gasteiger charge is 2.45. The van der Waals surface area contributed by atoms with E-state index in [0.29, 0.717) is 12.5 Å². The topological polar surface area (TPSA) is 53.6 Å². The van der Waals surface area contributed by atoms with Gasteiger partial charge in [-0.25, -0.2) is 4.98 Å². The Morgan fingerprint density at radius 3 is 2.88 bits per heavy atom. The molecule has 1 atom stereocenters. The van der Waals surface area contributed by atoms with Gasteiger partial charge in [0.15, 0.2) is 0 Å². The normalized spacial score (nSPS) is 19.1. The first-order valence-electron chi connectivity index (χ1n) is 5.86. The van der Waals surface area contributed by atoms with Gasteiger partial charge in [-0.2, -0.15) is 5.26 Å². The summed E-state index contributed by atoms with van der Waals surface area (Å²) in [7, 11) is 0. The summed E-state index contributed by atoms with van der Waals surface area (Å²) in [5.41, 5.74) is -0.403. The van der Waals surface area contributed by atoms with E-state index in [-0.39, 0.29) is 0 Å². The van der Waals surface area contributed by atoms with Crippen molar-refractivity contribution in [3.63, 3.8) is 0 Å². The van der Waals surface area contributed by atoms with Crippen LogP contribution >= 0.6 is 0 Å². The Bertz CT molecular complexity index is 399. The van der Waals surface area contributed by atoms with Crippen molar-refractivity contribution in [3.8, 4) is 6.07 Å². The van der Waals surface area contributed by atoms with Gasteiger partial charge in [0.05, 0.1) is 12.6 Å². The van der Waals surface area contributed by atoms with Gasteiger partial charge in [-0.1, -0.05) is 6.92 Å². The molecule has 0 spiro atoms. The molecule has 1 aromatic rings. The summed E-state index contributed by atoms with van der Waals surface area (Å²) in [6.45, 7) is 5.56. The van der Waals surface area contributed by atoms with Crippen LogP contribution in [0.15, 0.2) is 12.4 Å². The SMILES string of the molecule is CCNC(C#N)(Cn1ccnc1C)C1CC1. The summed E-state index contributed by atoms with van der Waals surface area (Å²) in [5.74, 6) is 1.47. The average Bonchev–Trinajstić information content (AvgIpc) is 3.05. The number of hydrogen-bond donors (Lipinski definition) is 1. The molecule has 4 heteroatoms. The molecule has 1 aliphatic rings. The molecule has 1 saturated carbocycles. The summed E-state index contributed by atoms with van der Waals surface area (Å²) in [6, 6.07) is 2.48. The van der Waals surface area contributed by atoms with E-state index in [1.807, 2.05) is 13.1 Å². The smallest absolute Gasteiger partial charge is 0.127 e. The second kappa shape index (κ2) is 4.26.